The summed E-state index contributed by atoms with van der Waals surface area (Å²) in [5.41, 5.74) is 0. The predicted octanol–water partition coefficient (Wildman–Crippen LogP) is -0.504. The number of nitrogens with one attached hydrogen (secondary N) is 1. The quantitative estimate of drug-likeness (QED) is 0.239. The maximum Gasteiger partial charge on any atom is 0.295 e. The van der Waals surface area contributed by atoms with Crippen molar-refractivity contribution >= 4 is 5.90 Å². The number of aromatic nitrogens is 3. The van der Waals surface area contributed by atoms with Gasteiger partial charge in [0.2, 0.25) is 5.82 Å². The molecule has 3 N–H and O–H groups in total. The average molecular weight is 187 g/mol. The van der Waals surface area contributed by atoms with Crippen LogP contribution in [0.25, 0.3) is 0 Å². The summed E-state index contributed by atoms with van der Waals surface area (Å²) in [6, 6.07) is 0. The summed E-state index contributed by atoms with van der Waals surface area (Å²) in [5, 5.41) is 24.7. The van der Waals surface area contributed by atoms with E-state index in [2.05, 4.69) is 20.3 Å². The number of hydrogen-bond acceptors (Lipinski definition) is 4. The Balaban J connectivity index is 0.000000810. The second-order valence-corrected chi connectivity index (χ2v) is 1.25. The fourth-order valence-electron chi connectivity index (χ4n) is 0.361. The van der Waals surface area contributed by atoms with Gasteiger partial charge in [-0.1, -0.05) is 0 Å². The molecule has 0 bridgehead atoms. The second kappa shape index (κ2) is 3.85. The molecule has 10 heavy (non-hydrogen) atoms. The molecule has 0 unspecified atom stereocenters. The third-order valence-corrected chi connectivity index (χ3v) is 0.710. The van der Waals surface area contributed by atoms with Crippen LogP contribution in [0.5, 0.6) is 0 Å². The summed E-state index contributed by atoms with van der Waals surface area (Å²) in [5.74, 6) is -0.631. The van der Waals surface area contributed by atoms with Crippen LogP contribution in [0.4, 0.5) is 0 Å². The zero-order valence-corrected chi connectivity index (χ0v) is 5.69. The average Bonchev–Trinajstić information content (AvgIpc) is 2.37. The van der Waals surface area contributed by atoms with Crippen LogP contribution in [0, 0.1) is 0 Å². The summed E-state index contributed by atoms with van der Waals surface area (Å²) < 4.78 is 0. The van der Waals surface area contributed by atoms with Gasteiger partial charge in [0.15, 0.2) is 0 Å². The Bertz CT molecular complexity index is 208. The van der Waals surface area contributed by atoms with Gasteiger partial charge in [-0.3, -0.25) is 5.10 Å². The predicted molar refractivity (Wildman–Crippen MR) is 27.3 cm³/mol. The van der Waals surface area contributed by atoms with E-state index in [4.69, 9.17) is 10.3 Å². The fourth-order valence-corrected chi connectivity index (χ4v) is 0.361. The first kappa shape index (κ1) is 8.92. The molecule has 7 heteroatoms. The van der Waals surface area contributed by atoms with Gasteiger partial charge in [0, 0.05) is 16.8 Å². The first-order valence-corrected chi connectivity index (χ1v) is 2.11. The van der Waals surface area contributed by atoms with Crippen molar-refractivity contribution in [1.29, 1.82) is 0 Å². The van der Waals surface area contributed by atoms with Crippen molar-refractivity contribution in [2.24, 2.45) is 5.16 Å². The smallest absolute Gasteiger partial charge is 0.295 e. The van der Waals surface area contributed by atoms with E-state index >= 15 is 0 Å². The van der Waals surface area contributed by atoms with Crippen molar-refractivity contribution in [2.75, 3.05) is 0 Å². The van der Waals surface area contributed by atoms with Gasteiger partial charge in [-0.2, -0.15) is 0 Å². The van der Waals surface area contributed by atoms with Crippen LogP contribution < -0.4 is 0 Å². The number of aromatic amines is 1. The molecule has 0 aromatic carbocycles. The Kier molecular flexibility index (Phi) is 3.43. The number of nitrogens with zero attached hydrogens (tertiary/aromatic N) is 3. The number of oxime groups is 1. The Morgan fingerprint density at radius 1 is 1.70 bits per heavy atom. The van der Waals surface area contributed by atoms with Gasteiger partial charge < -0.3 is 10.3 Å². The second-order valence-electron chi connectivity index (χ2n) is 1.25. The maximum atomic E-state index is 8.57. The zero-order chi connectivity index (χ0) is 6.69. The molecule has 1 heterocycles. The van der Waals surface area contributed by atoms with Gasteiger partial charge in [0.1, 0.15) is 6.33 Å². The van der Waals surface area contributed by atoms with Crippen LogP contribution >= 0.6 is 0 Å². The molecule has 0 aliphatic carbocycles. The molecule has 0 amide bonds. The number of hydrogen-bond donors (Lipinski definition) is 3. The normalized spacial score (nSPS) is 10.6. The van der Waals surface area contributed by atoms with E-state index in [1.807, 2.05) is 0 Å². The van der Waals surface area contributed by atoms with Crippen LogP contribution in [0.1, 0.15) is 5.82 Å². The van der Waals surface area contributed by atoms with Crippen molar-refractivity contribution in [3.63, 3.8) is 0 Å². The number of H-pyrrole nitrogens is 1. The Morgan fingerprint density at radius 2 is 2.40 bits per heavy atom. The van der Waals surface area contributed by atoms with E-state index in [0.29, 0.717) is 0 Å². The van der Waals surface area contributed by atoms with Crippen LogP contribution in [0.3, 0.4) is 0 Å². The Hall–Kier alpha value is -1.08. The van der Waals surface area contributed by atoms with Gasteiger partial charge in [-0.25, -0.2) is 4.98 Å². The first-order valence-electron chi connectivity index (χ1n) is 2.11. The van der Waals surface area contributed by atoms with E-state index in [9.17, 15) is 0 Å². The molecule has 0 saturated carbocycles. The van der Waals surface area contributed by atoms with Crippen LogP contribution in [-0.2, 0) is 16.8 Å². The van der Waals surface area contributed by atoms with E-state index in [1.165, 1.54) is 6.33 Å². The summed E-state index contributed by atoms with van der Waals surface area (Å²) in [6.45, 7) is 0. The van der Waals surface area contributed by atoms with E-state index < -0.39 is 5.90 Å². The Morgan fingerprint density at radius 3 is 2.80 bits per heavy atom. The van der Waals surface area contributed by atoms with Crippen LogP contribution in [-0.4, -0.2) is 31.4 Å². The molecule has 1 aromatic rings. The van der Waals surface area contributed by atoms with Crippen molar-refractivity contribution in [3.05, 3.63) is 12.2 Å². The number of rotatable bonds is 1. The van der Waals surface area contributed by atoms with E-state index in [-0.39, 0.29) is 22.6 Å². The van der Waals surface area contributed by atoms with Crippen LogP contribution in [0.2, 0.25) is 0 Å². The summed E-state index contributed by atoms with van der Waals surface area (Å²) in [4.78, 5) is 3.48. The van der Waals surface area contributed by atoms with E-state index in [1.54, 1.807) is 0 Å². The van der Waals surface area contributed by atoms with Gasteiger partial charge in [0.05, 0.1) is 0 Å². The number of aliphatic hydroxyl groups is 1. The number of aliphatic hydroxyl groups excluding tert-OH is 1. The molecular formula is C3H4CoN4O2. The minimum atomic E-state index is -0.601. The summed E-state index contributed by atoms with van der Waals surface area (Å²) in [7, 11) is 0. The largest absolute Gasteiger partial charge is 0.488 e. The molecule has 1 radical (unpaired) electrons. The third kappa shape index (κ3) is 1.70. The molecule has 1 rings (SSSR count). The molecular weight excluding hydrogens is 183 g/mol. The van der Waals surface area contributed by atoms with Gasteiger partial charge in [-0.05, 0) is 5.16 Å². The molecule has 57 valence electrons. The van der Waals surface area contributed by atoms with Crippen molar-refractivity contribution in [1.82, 2.24) is 15.2 Å². The zero-order valence-electron chi connectivity index (χ0n) is 4.65. The first-order chi connectivity index (χ1) is 4.34. The molecule has 0 atom stereocenters. The van der Waals surface area contributed by atoms with Crippen molar-refractivity contribution in [3.8, 4) is 0 Å². The monoisotopic (exact) mass is 187 g/mol. The van der Waals surface area contributed by atoms with Crippen molar-refractivity contribution < 1.29 is 27.1 Å². The SMILES string of the molecule is ON=C(O)c1nc[nH]n1.[Co]. The summed E-state index contributed by atoms with van der Waals surface area (Å²) >= 11 is 0. The Labute approximate surface area is 66.2 Å². The molecule has 0 saturated heterocycles. The minimum Gasteiger partial charge on any atom is -0.488 e. The van der Waals surface area contributed by atoms with Crippen molar-refractivity contribution in [2.45, 2.75) is 0 Å². The minimum absolute atomic E-state index is 0. The molecule has 6 nitrogen and oxygen atoms in total. The maximum absolute atomic E-state index is 8.57. The van der Waals surface area contributed by atoms with Gasteiger partial charge in [-0.15, -0.1) is 5.10 Å². The van der Waals surface area contributed by atoms with Gasteiger partial charge in [0.25, 0.3) is 5.90 Å². The van der Waals surface area contributed by atoms with Crippen LogP contribution in [0.15, 0.2) is 11.5 Å². The summed E-state index contributed by atoms with van der Waals surface area (Å²) in [6.07, 6.45) is 1.26. The topological polar surface area (TPSA) is 94.4 Å². The van der Waals surface area contributed by atoms with E-state index in [0.717, 1.165) is 0 Å². The fraction of sp³-hybridized carbons (Fsp3) is 0. The third-order valence-electron chi connectivity index (χ3n) is 0.710. The standard InChI is InChI=1S/C3H4N4O2.Co/c8-3(7-9)2-4-1-5-6-2;/h1,9H,(H,7,8)(H,4,5,6);. The molecule has 0 aliphatic heterocycles. The van der Waals surface area contributed by atoms with Gasteiger partial charge >= 0.3 is 0 Å². The molecule has 1 aromatic heterocycles. The molecule has 0 spiro atoms. The molecule has 0 fully saturated rings. The molecule has 0 aliphatic rings.